The van der Waals surface area contributed by atoms with Gasteiger partial charge in [0.25, 0.3) is 0 Å². The number of halogens is 1. The van der Waals surface area contributed by atoms with Crippen LogP contribution in [0.15, 0.2) is 65.9 Å². The third kappa shape index (κ3) is 4.09. The van der Waals surface area contributed by atoms with E-state index in [1.807, 2.05) is 42.5 Å². The summed E-state index contributed by atoms with van der Waals surface area (Å²) in [5.74, 6) is -0.913. The Morgan fingerprint density at radius 1 is 1.20 bits per heavy atom. The molecule has 1 heterocycles. The van der Waals surface area contributed by atoms with Crippen LogP contribution < -0.4 is 5.32 Å². The fourth-order valence-electron chi connectivity index (χ4n) is 2.98. The van der Waals surface area contributed by atoms with Crippen molar-refractivity contribution in [1.82, 2.24) is 5.32 Å². The maximum atomic E-state index is 12.7. The van der Waals surface area contributed by atoms with Crippen LogP contribution in [0.4, 0.5) is 0 Å². The average molecular weight is 356 g/mol. The van der Waals surface area contributed by atoms with Crippen molar-refractivity contribution in [3.05, 3.63) is 82.0 Å². The first kappa shape index (κ1) is 17.2. The van der Waals surface area contributed by atoms with Gasteiger partial charge in [0.05, 0.1) is 5.57 Å². The first-order chi connectivity index (χ1) is 12.0. The van der Waals surface area contributed by atoms with Gasteiger partial charge in [0, 0.05) is 23.1 Å². The van der Waals surface area contributed by atoms with E-state index < -0.39 is 5.97 Å². The highest BCUT2D eigenvalue weighted by atomic mass is 35.5. The van der Waals surface area contributed by atoms with Gasteiger partial charge in [-0.15, -0.1) is 0 Å². The van der Waals surface area contributed by atoms with Crippen LogP contribution in [0.25, 0.3) is 0 Å². The molecule has 0 saturated heterocycles. The minimum absolute atomic E-state index is 0.123. The van der Waals surface area contributed by atoms with Gasteiger partial charge in [-0.25, -0.2) is 4.79 Å². The van der Waals surface area contributed by atoms with Gasteiger partial charge in [0.2, 0.25) is 5.91 Å². The van der Waals surface area contributed by atoms with Crippen molar-refractivity contribution in [3.8, 4) is 0 Å². The van der Waals surface area contributed by atoms with Gasteiger partial charge in [-0.2, -0.15) is 0 Å². The number of benzene rings is 2. The number of ether oxygens (including phenoxy) is 1. The lowest BCUT2D eigenvalue weighted by atomic mass is 9.84. The summed E-state index contributed by atoms with van der Waals surface area (Å²) < 4.78 is 5.47. The lowest BCUT2D eigenvalue weighted by Crippen LogP contribution is -2.34. The number of allylic oxidation sites excluding steroid dienone is 1. The van der Waals surface area contributed by atoms with Crippen molar-refractivity contribution >= 4 is 23.5 Å². The largest absolute Gasteiger partial charge is 0.457 e. The van der Waals surface area contributed by atoms with Crippen LogP contribution in [0.5, 0.6) is 0 Å². The van der Waals surface area contributed by atoms with E-state index in [0.29, 0.717) is 16.3 Å². The van der Waals surface area contributed by atoms with Crippen LogP contribution in [0.3, 0.4) is 0 Å². The molecule has 3 rings (SSSR count). The summed E-state index contributed by atoms with van der Waals surface area (Å²) in [5.41, 5.74) is 2.73. The molecule has 0 fully saturated rings. The highest BCUT2D eigenvalue weighted by Gasteiger charge is 2.32. The molecule has 1 aliphatic heterocycles. The predicted octanol–water partition coefficient (Wildman–Crippen LogP) is 3.96. The normalized spacial score (nSPS) is 17.2. The van der Waals surface area contributed by atoms with E-state index in [2.05, 4.69) is 5.32 Å². The molecule has 1 amide bonds. The number of amides is 1. The first-order valence-corrected chi connectivity index (χ1v) is 8.39. The van der Waals surface area contributed by atoms with Crippen molar-refractivity contribution in [3.63, 3.8) is 0 Å². The molecule has 2 aromatic carbocycles. The predicted molar refractivity (Wildman–Crippen MR) is 95.9 cm³/mol. The van der Waals surface area contributed by atoms with E-state index >= 15 is 0 Å². The smallest absolute Gasteiger partial charge is 0.336 e. The Balaban J connectivity index is 1.85. The Labute approximate surface area is 151 Å². The summed E-state index contributed by atoms with van der Waals surface area (Å²) in [6.07, 6.45) is 0.188. The maximum Gasteiger partial charge on any atom is 0.336 e. The number of hydrogen-bond donors (Lipinski definition) is 1. The van der Waals surface area contributed by atoms with Crippen LogP contribution in [0.1, 0.15) is 30.4 Å². The maximum absolute atomic E-state index is 12.7. The molecule has 0 saturated carbocycles. The van der Waals surface area contributed by atoms with E-state index in [1.165, 1.54) is 0 Å². The highest BCUT2D eigenvalue weighted by Crippen LogP contribution is 2.34. The van der Waals surface area contributed by atoms with E-state index in [1.54, 1.807) is 19.1 Å². The second kappa shape index (κ2) is 7.53. The molecule has 4 nitrogen and oxygen atoms in total. The average Bonchev–Trinajstić information content (AvgIpc) is 2.60. The van der Waals surface area contributed by atoms with E-state index in [9.17, 15) is 9.59 Å². The van der Waals surface area contributed by atoms with Gasteiger partial charge < -0.3 is 10.1 Å². The lowest BCUT2D eigenvalue weighted by Gasteiger charge is -2.26. The summed E-state index contributed by atoms with van der Waals surface area (Å²) in [6.45, 7) is 1.90. The molecule has 128 valence electrons. The number of carbonyl (C=O) groups is 2. The van der Waals surface area contributed by atoms with Crippen LogP contribution in [0, 0.1) is 0 Å². The van der Waals surface area contributed by atoms with Gasteiger partial charge in [0.1, 0.15) is 6.61 Å². The fraction of sp³-hybridized carbons (Fsp3) is 0.200. The number of rotatable bonds is 4. The van der Waals surface area contributed by atoms with Crippen LogP contribution in [-0.4, -0.2) is 11.9 Å². The van der Waals surface area contributed by atoms with Crippen molar-refractivity contribution in [1.29, 1.82) is 0 Å². The quantitative estimate of drug-likeness (QED) is 0.844. The van der Waals surface area contributed by atoms with E-state index in [-0.39, 0.29) is 24.9 Å². The molecule has 2 aromatic rings. The lowest BCUT2D eigenvalue weighted by molar-refractivity contribution is -0.141. The minimum atomic E-state index is -0.425. The molecule has 1 aliphatic rings. The number of esters is 1. The minimum Gasteiger partial charge on any atom is -0.457 e. The van der Waals surface area contributed by atoms with Gasteiger partial charge in [-0.1, -0.05) is 54.1 Å². The standard InChI is InChI=1S/C20H18ClNO3/c1-13-19(20(24)25-12-14-6-3-2-4-7-14)17(11-18(23)22-13)15-8-5-9-16(21)10-15/h2-10,17H,11-12H2,1H3,(H,22,23). The van der Waals surface area contributed by atoms with Crippen LogP contribution >= 0.6 is 11.6 Å². The fourth-order valence-corrected chi connectivity index (χ4v) is 3.18. The summed E-state index contributed by atoms with van der Waals surface area (Å²) in [4.78, 5) is 24.7. The van der Waals surface area contributed by atoms with Gasteiger partial charge in [-0.05, 0) is 30.2 Å². The number of nitrogens with one attached hydrogen (secondary N) is 1. The topological polar surface area (TPSA) is 55.4 Å². The molecular weight excluding hydrogens is 338 g/mol. The molecule has 0 aromatic heterocycles. The zero-order valence-electron chi connectivity index (χ0n) is 13.8. The molecule has 0 bridgehead atoms. The number of carbonyl (C=O) groups excluding carboxylic acids is 2. The highest BCUT2D eigenvalue weighted by molar-refractivity contribution is 6.30. The summed E-state index contributed by atoms with van der Waals surface area (Å²) in [6, 6.07) is 16.7. The van der Waals surface area contributed by atoms with Gasteiger partial charge in [-0.3, -0.25) is 4.79 Å². The molecule has 1 N–H and O–H groups in total. The first-order valence-electron chi connectivity index (χ1n) is 8.01. The molecule has 25 heavy (non-hydrogen) atoms. The second-order valence-corrected chi connectivity index (χ2v) is 6.40. The summed E-state index contributed by atoms with van der Waals surface area (Å²) >= 11 is 6.07. The Hall–Kier alpha value is -2.59. The van der Waals surface area contributed by atoms with Crippen molar-refractivity contribution in [2.75, 3.05) is 0 Å². The molecule has 1 atom stereocenters. The van der Waals surface area contributed by atoms with Crippen LogP contribution in [-0.2, 0) is 20.9 Å². The van der Waals surface area contributed by atoms with Gasteiger partial charge in [0.15, 0.2) is 0 Å². The third-order valence-corrected chi connectivity index (χ3v) is 4.39. The Morgan fingerprint density at radius 2 is 1.96 bits per heavy atom. The van der Waals surface area contributed by atoms with Crippen molar-refractivity contribution in [2.45, 2.75) is 25.9 Å². The summed E-state index contributed by atoms with van der Waals surface area (Å²) in [5, 5.41) is 3.30. The van der Waals surface area contributed by atoms with Crippen molar-refractivity contribution < 1.29 is 14.3 Å². The molecular formula is C20H18ClNO3. The molecule has 0 radical (unpaired) electrons. The Morgan fingerprint density at radius 3 is 2.68 bits per heavy atom. The second-order valence-electron chi connectivity index (χ2n) is 5.96. The zero-order chi connectivity index (χ0) is 17.8. The zero-order valence-corrected chi connectivity index (χ0v) is 14.5. The Bertz CT molecular complexity index is 830. The SMILES string of the molecule is CC1=C(C(=O)OCc2ccccc2)C(c2cccc(Cl)c2)CC(=O)N1. The molecule has 0 aliphatic carbocycles. The monoisotopic (exact) mass is 355 g/mol. The molecule has 5 heteroatoms. The van der Waals surface area contributed by atoms with E-state index in [4.69, 9.17) is 16.3 Å². The third-order valence-electron chi connectivity index (χ3n) is 4.15. The van der Waals surface area contributed by atoms with Gasteiger partial charge >= 0.3 is 5.97 Å². The molecule has 1 unspecified atom stereocenters. The molecule has 0 spiro atoms. The van der Waals surface area contributed by atoms with E-state index in [0.717, 1.165) is 11.1 Å². The number of hydrogen-bond acceptors (Lipinski definition) is 3. The van der Waals surface area contributed by atoms with Crippen LogP contribution in [0.2, 0.25) is 5.02 Å². The van der Waals surface area contributed by atoms with Crippen molar-refractivity contribution in [2.24, 2.45) is 0 Å². The summed E-state index contributed by atoms with van der Waals surface area (Å²) in [7, 11) is 0. The Kier molecular flexibility index (Phi) is 5.19.